The molecular formula is C10H13NO3. The van der Waals surface area contributed by atoms with E-state index in [2.05, 4.69) is 10.1 Å². The summed E-state index contributed by atoms with van der Waals surface area (Å²) in [5.41, 5.74) is 1.70. The second-order valence-electron chi connectivity index (χ2n) is 2.77. The van der Waals surface area contributed by atoms with Crippen LogP contribution >= 0.6 is 0 Å². The molecule has 2 N–H and O–H groups in total. The summed E-state index contributed by atoms with van der Waals surface area (Å²) in [6.45, 7) is 0.336. The molecule has 0 bridgehead atoms. The zero-order chi connectivity index (χ0) is 10.4. The van der Waals surface area contributed by atoms with Crippen molar-refractivity contribution in [3.05, 3.63) is 35.4 Å². The largest absolute Gasteiger partial charge is 0.453 e. The van der Waals surface area contributed by atoms with Crippen LogP contribution in [0.3, 0.4) is 0 Å². The van der Waals surface area contributed by atoms with E-state index in [1.165, 1.54) is 7.11 Å². The number of amides is 1. The molecule has 0 saturated heterocycles. The summed E-state index contributed by atoms with van der Waals surface area (Å²) in [6, 6.07) is 7.36. The monoisotopic (exact) mass is 195 g/mol. The van der Waals surface area contributed by atoms with Gasteiger partial charge in [-0.3, -0.25) is 0 Å². The van der Waals surface area contributed by atoms with Crippen LogP contribution in [-0.2, 0) is 17.9 Å². The molecular weight excluding hydrogens is 182 g/mol. The van der Waals surface area contributed by atoms with Crippen molar-refractivity contribution in [1.29, 1.82) is 0 Å². The standard InChI is InChI=1S/C10H13NO3/c1-14-10(13)11-6-8-4-2-3-5-9(8)7-12/h2-5,12H,6-7H2,1H3,(H,11,13). The predicted molar refractivity (Wildman–Crippen MR) is 51.6 cm³/mol. The number of ether oxygens (including phenoxy) is 1. The van der Waals surface area contributed by atoms with Crippen LogP contribution in [0.15, 0.2) is 24.3 Å². The Morgan fingerprint density at radius 2 is 2.07 bits per heavy atom. The van der Waals surface area contributed by atoms with Crippen molar-refractivity contribution < 1.29 is 14.6 Å². The second-order valence-corrected chi connectivity index (χ2v) is 2.77. The lowest BCUT2D eigenvalue weighted by Crippen LogP contribution is -2.22. The van der Waals surface area contributed by atoms with E-state index in [-0.39, 0.29) is 6.61 Å². The fraction of sp³-hybridized carbons (Fsp3) is 0.300. The molecule has 4 heteroatoms. The molecule has 0 aromatic heterocycles. The molecule has 0 fully saturated rings. The molecule has 76 valence electrons. The molecule has 0 spiro atoms. The summed E-state index contributed by atoms with van der Waals surface area (Å²) in [5, 5.41) is 11.5. The number of aliphatic hydroxyl groups is 1. The van der Waals surface area contributed by atoms with E-state index in [1.54, 1.807) is 0 Å². The quantitative estimate of drug-likeness (QED) is 0.757. The van der Waals surface area contributed by atoms with E-state index >= 15 is 0 Å². The zero-order valence-electron chi connectivity index (χ0n) is 7.99. The van der Waals surface area contributed by atoms with Gasteiger partial charge in [0.1, 0.15) is 0 Å². The summed E-state index contributed by atoms with van der Waals surface area (Å²) in [6.07, 6.45) is -0.474. The number of benzene rings is 1. The van der Waals surface area contributed by atoms with Gasteiger partial charge in [-0.2, -0.15) is 0 Å². The van der Waals surface area contributed by atoms with Crippen molar-refractivity contribution in [1.82, 2.24) is 5.32 Å². The van der Waals surface area contributed by atoms with E-state index in [4.69, 9.17) is 5.11 Å². The molecule has 14 heavy (non-hydrogen) atoms. The van der Waals surface area contributed by atoms with Gasteiger partial charge in [-0.15, -0.1) is 0 Å². The number of aliphatic hydroxyl groups excluding tert-OH is 1. The Bertz CT molecular complexity index is 312. The van der Waals surface area contributed by atoms with Gasteiger partial charge in [0.2, 0.25) is 0 Å². The lowest BCUT2D eigenvalue weighted by molar-refractivity contribution is 0.170. The maximum Gasteiger partial charge on any atom is 0.407 e. The number of nitrogens with one attached hydrogen (secondary N) is 1. The number of alkyl carbamates (subject to hydrolysis) is 1. The maximum absolute atomic E-state index is 10.8. The lowest BCUT2D eigenvalue weighted by atomic mass is 10.1. The molecule has 0 radical (unpaired) electrons. The summed E-state index contributed by atoms with van der Waals surface area (Å²) in [5.74, 6) is 0. The Labute approximate surface area is 82.5 Å². The van der Waals surface area contributed by atoms with Crippen molar-refractivity contribution in [3.63, 3.8) is 0 Å². The average Bonchev–Trinajstić information content (AvgIpc) is 2.26. The first-order valence-corrected chi connectivity index (χ1v) is 4.27. The molecule has 0 aliphatic rings. The highest BCUT2D eigenvalue weighted by Gasteiger charge is 2.02. The molecule has 0 aliphatic heterocycles. The van der Waals surface area contributed by atoms with Crippen LogP contribution in [-0.4, -0.2) is 18.3 Å². The van der Waals surface area contributed by atoms with Crippen molar-refractivity contribution in [2.75, 3.05) is 7.11 Å². The molecule has 0 saturated carbocycles. The normalized spacial score (nSPS) is 9.57. The van der Waals surface area contributed by atoms with Gasteiger partial charge < -0.3 is 15.2 Å². The van der Waals surface area contributed by atoms with Gasteiger partial charge in [0, 0.05) is 6.54 Å². The summed E-state index contributed by atoms with van der Waals surface area (Å²) in [4.78, 5) is 10.8. The van der Waals surface area contributed by atoms with E-state index in [1.807, 2.05) is 24.3 Å². The highest BCUT2D eigenvalue weighted by Crippen LogP contribution is 2.07. The molecule has 4 nitrogen and oxygen atoms in total. The molecule has 0 aliphatic carbocycles. The number of carbonyl (C=O) groups is 1. The average molecular weight is 195 g/mol. The predicted octanol–water partition coefficient (Wildman–Crippen LogP) is 1.03. The van der Waals surface area contributed by atoms with E-state index < -0.39 is 6.09 Å². The molecule has 1 aromatic carbocycles. The Morgan fingerprint density at radius 3 is 2.64 bits per heavy atom. The van der Waals surface area contributed by atoms with Gasteiger partial charge >= 0.3 is 6.09 Å². The number of methoxy groups -OCH3 is 1. The lowest BCUT2D eigenvalue weighted by Gasteiger charge is -2.07. The zero-order valence-corrected chi connectivity index (χ0v) is 7.99. The van der Waals surface area contributed by atoms with E-state index in [0.717, 1.165) is 11.1 Å². The Kier molecular flexibility index (Phi) is 3.94. The molecule has 1 rings (SSSR count). The van der Waals surface area contributed by atoms with Crippen LogP contribution in [0.4, 0.5) is 4.79 Å². The molecule has 0 unspecified atom stereocenters. The van der Waals surface area contributed by atoms with Crippen LogP contribution in [0.2, 0.25) is 0 Å². The number of hydrogen-bond donors (Lipinski definition) is 2. The fourth-order valence-electron chi connectivity index (χ4n) is 1.12. The third kappa shape index (κ3) is 2.74. The summed E-state index contributed by atoms with van der Waals surface area (Å²) in [7, 11) is 1.31. The Morgan fingerprint density at radius 1 is 1.43 bits per heavy atom. The van der Waals surface area contributed by atoms with Gasteiger partial charge in [-0.25, -0.2) is 4.79 Å². The van der Waals surface area contributed by atoms with Gasteiger partial charge in [-0.1, -0.05) is 24.3 Å². The minimum absolute atomic E-state index is 0.0287. The molecule has 1 aromatic rings. The van der Waals surface area contributed by atoms with Crippen LogP contribution in [0.25, 0.3) is 0 Å². The van der Waals surface area contributed by atoms with Crippen molar-refractivity contribution >= 4 is 6.09 Å². The first-order chi connectivity index (χ1) is 6.77. The van der Waals surface area contributed by atoms with E-state index in [9.17, 15) is 4.79 Å². The number of rotatable bonds is 3. The Hall–Kier alpha value is -1.55. The molecule has 0 atom stereocenters. The van der Waals surface area contributed by atoms with Crippen molar-refractivity contribution in [3.8, 4) is 0 Å². The third-order valence-corrected chi connectivity index (χ3v) is 1.90. The second kappa shape index (κ2) is 5.24. The number of carbonyl (C=O) groups excluding carboxylic acids is 1. The highest BCUT2D eigenvalue weighted by atomic mass is 16.5. The van der Waals surface area contributed by atoms with Gasteiger partial charge in [0.15, 0.2) is 0 Å². The summed E-state index contributed by atoms with van der Waals surface area (Å²) < 4.78 is 4.43. The minimum Gasteiger partial charge on any atom is -0.453 e. The highest BCUT2D eigenvalue weighted by molar-refractivity contribution is 5.66. The first-order valence-electron chi connectivity index (χ1n) is 4.27. The molecule has 0 heterocycles. The maximum atomic E-state index is 10.8. The van der Waals surface area contributed by atoms with Gasteiger partial charge in [0.25, 0.3) is 0 Å². The van der Waals surface area contributed by atoms with Crippen molar-refractivity contribution in [2.24, 2.45) is 0 Å². The van der Waals surface area contributed by atoms with Gasteiger partial charge in [0.05, 0.1) is 13.7 Å². The SMILES string of the molecule is COC(=O)NCc1ccccc1CO. The Balaban J connectivity index is 2.61. The minimum atomic E-state index is -0.474. The van der Waals surface area contributed by atoms with Crippen LogP contribution in [0.5, 0.6) is 0 Å². The summed E-state index contributed by atoms with van der Waals surface area (Å²) >= 11 is 0. The third-order valence-electron chi connectivity index (χ3n) is 1.90. The number of hydrogen-bond acceptors (Lipinski definition) is 3. The van der Waals surface area contributed by atoms with Crippen LogP contribution in [0.1, 0.15) is 11.1 Å². The fourth-order valence-corrected chi connectivity index (χ4v) is 1.12. The van der Waals surface area contributed by atoms with Crippen LogP contribution in [0, 0.1) is 0 Å². The first kappa shape index (κ1) is 10.5. The molecule has 1 amide bonds. The van der Waals surface area contributed by atoms with Crippen LogP contribution < -0.4 is 5.32 Å². The smallest absolute Gasteiger partial charge is 0.407 e. The topological polar surface area (TPSA) is 58.6 Å². The van der Waals surface area contributed by atoms with Crippen molar-refractivity contribution in [2.45, 2.75) is 13.2 Å². The van der Waals surface area contributed by atoms with Gasteiger partial charge in [-0.05, 0) is 11.1 Å². The van der Waals surface area contributed by atoms with E-state index in [0.29, 0.717) is 6.54 Å².